The van der Waals surface area contributed by atoms with Crippen LogP contribution in [0.2, 0.25) is 0 Å². The van der Waals surface area contributed by atoms with Gasteiger partial charge in [-0.05, 0) is 72.6 Å². The summed E-state index contributed by atoms with van der Waals surface area (Å²) >= 11 is 0. The zero-order chi connectivity index (χ0) is 16.7. The standard InChI is InChI=1S/C21H22O3/c22-17-5-1-14(2-6-17)13-21-10-9-19(24)12-16(21)4-3-15-11-18(23)7-8-20(15)21/h1-2,5-8,11,16,22-23H,3-4,9-10,12-13H2/t16-,21-/m0/s1. The minimum Gasteiger partial charge on any atom is -0.508 e. The Bertz CT molecular complexity index is 778. The van der Waals surface area contributed by atoms with Gasteiger partial charge < -0.3 is 10.2 Å². The van der Waals surface area contributed by atoms with Crippen molar-refractivity contribution in [2.75, 3.05) is 0 Å². The molecule has 1 saturated carbocycles. The maximum atomic E-state index is 12.1. The molecule has 0 heterocycles. The third-order valence-corrected chi connectivity index (χ3v) is 5.95. The smallest absolute Gasteiger partial charge is 0.133 e. The first-order chi connectivity index (χ1) is 11.6. The number of fused-ring (bicyclic) bond motifs is 3. The second-order valence-corrected chi connectivity index (χ2v) is 7.32. The third kappa shape index (κ3) is 2.48. The lowest BCUT2D eigenvalue weighted by molar-refractivity contribution is -0.123. The number of aryl methyl sites for hydroxylation is 1. The lowest BCUT2D eigenvalue weighted by Crippen LogP contribution is -2.45. The van der Waals surface area contributed by atoms with Gasteiger partial charge in [0.15, 0.2) is 0 Å². The Morgan fingerprint density at radius 1 is 1.00 bits per heavy atom. The molecule has 2 aromatic rings. The Balaban J connectivity index is 1.80. The molecule has 0 radical (unpaired) electrons. The largest absolute Gasteiger partial charge is 0.508 e. The number of benzene rings is 2. The maximum absolute atomic E-state index is 12.1. The Hall–Kier alpha value is -2.29. The summed E-state index contributed by atoms with van der Waals surface area (Å²) in [6, 6.07) is 13.1. The molecule has 2 N–H and O–H groups in total. The Kier molecular flexibility index (Phi) is 3.60. The van der Waals surface area contributed by atoms with E-state index < -0.39 is 0 Å². The normalized spacial score (nSPS) is 25.8. The average Bonchev–Trinajstić information content (AvgIpc) is 2.57. The Morgan fingerprint density at radius 3 is 2.54 bits per heavy atom. The van der Waals surface area contributed by atoms with Crippen molar-refractivity contribution in [1.29, 1.82) is 0 Å². The van der Waals surface area contributed by atoms with E-state index in [1.165, 1.54) is 16.7 Å². The molecule has 0 aromatic heterocycles. The van der Waals surface area contributed by atoms with Crippen LogP contribution >= 0.6 is 0 Å². The summed E-state index contributed by atoms with van der Waals surface area (Å²) in [5, 5.41) is 19.4. The highest BCUT2D eigenvalue weighted by Crippen LogP contribution is 2.51. The van der Waals surface area contributed by atoms with Crippen molar-refractivity contribution >= 4 is 5.78 Å². The molecule has 3 heteroatoms. The SMILES string of the molecule is O=C1CC[C@@]2(Cc3ccc(O)cc3)c3ccc(O)cc3CC[C@H]2C1. The fourth-order valence-electron chi connectivity index (χ4n) is 4.78. The van der Waals surface area contributed by atoms with E-state index in [-0.39, 0.29) is 11.2 Å². The lowest BCUT2D eigenvalue weighted by Gasteiger charge is -2.48. The van der Waals surface area contributed by atoms with E-state index in [9.17, 15) is 15.0 Å². The van der Waals surface area contributed by atoms with Crippen LogP contribution in [0, 0.1) is 5.92 Å². The van der Waals surface area contributed by atoms with E-state index >= 15 is 0 Å². The van der Waals surface area contributed by atoms with Crippen LogP contribution in [0.25, 0.3) is 0 Å². The topological polar surface area (TPSA) is 57.5 Å². The van der Waals surface area contributed by atoms with Gasteiger partial charge in [0.05, 0.1) is 0 Å². The van der Waals surface area contributed by atoms with Gasteiger partial charge in [0.1, 0.15) is 17.3 Å². The molecule has 24 heavy (non-hydrogen) atoms. The number of rotatable bonds is 2. The molecule has 2 aromatic carbocycles. The van der Waals surface area contributed by atoms with Gasteiger partial charge in [-0.1, -0.05) is 18.2 Å². The summed E-state index contributed by atoms with van der Waals surface area (Å²) < 4.78 is 0. The molecule has 2 aliphatic carbocycles. The van der Waals surface area contributed by atoms with Crippen molar-refractivity contribution in [3.8, 4) is 11.5 Å². The van der Waals surface area contributed by atoms with Crippen molar-refractivity contribution in [3.63, 3.8) is 0 Å². The minimum absolute atomic E-state index is 0.0355. The zero-order valence-corrected chi connectivity index (χ0v) is 13.7. The first-order valence-electron chi connectivity index (χ1n) is 8.69. The van der Waals surface area contributed by atoms with E-state index in [0.29, 0.717) is 30.3 Å². The summed E-state index contributed by atoms with van der Waals surface area (Å²) in [7, 11) is 0. The predicted molar refractivity (Wildman–Crippen MR) is 92.3 cm³/mol. The van der Waals surface area contributed by atoms with Gasteiger partial charge in [-0.25, -0.2) is 0 Å². The first-order valence-corrected chi connectivity index (χ1v) is 8.69. The van der Waals surface area contributed by atoms with Crippen LogP contribution in [0.4, 0.5) is 0 Å². The van der Waals surface area contributed by atoms with Gasteiger partial charge in [-0.3, -0.25) is 4.79 Å². The van der Waals surface area contributed by atoms with Gasteiger partial charge >= 0.3 is 0 Å². The predicted octanol–water partition coefficient (Wildman–Crippen LogP) is 3.89. The van der Waals surface area contributed by atoms with E-state index in [2.05, 4.69) is 6.07 Å². The van der Waals surface area contributed by atoms with E-state index in [1.54, 1.807) is 18.2 Å². The number of phenolic OH excluding ortho intramolecular Hbond substituents is 2. The zero-order valence-electron chi connectivity index (χ0n) is 13.7. The Labute approximate surface area is 142 Å². The van der Waals surface area contributed by atoms with Crippen LogP contribution in [0.1, 0.15) is 42.4 Å². The molecule has 0 unspecified atom stereocenters. The molecule has 3 nitrogen and oxygen atoms in total. The monoisotopic (exact) mass is 322 g/mol. The van der Waals surface area contributed by atoms with Crippen molar-refractivity contribution in [3.05, 3.63) is 59.2 Å². The van der Waals surface area contributed by atoms with Gasteiger partial charge in [0.2, 0.25) is 0 Å². The third-order valence-electron chi connectivity index (χ3n) is 5.95. The molecular formula is C21H22O3. The van der Waals surface area contributed by atoms with Crippen molar-refractivity contribution < 1.29 is 15.0 Å². The van der Waals surface area contributed by atoms with Gasteiger partial charge in [0.25, 0.3) is 0 Å². The molecule has 124 valence electrons. The fraction of sp³-hybridized carbons (Fsp3) is 0.381. The summed E-state index contributed by atoms with van der Waals surface area (Å²) in [4.78, 5) is 12.1. The highest BCUT2D eigenvalue weighted by Gasteiger charge is 2.47. The number of carbonyl (C=O) groups is 1. The summed E-state index contributed by atoms with van der Waals surface area (Å²) in [5.74, 6) is 1.34. The number of ketones is 1. The number of aromatic hydroxyl groups is 2. The highest BCUT2D eigenvalue weighted by atomic mass is 16.3. The number of hydrogen-bond donors (Lipinski definition) is 2. The second kappa shape index (κ2) is 5.66. The van der Waals surface area contributed by atoms with E-state index in [0.717, 1.165) is 25.7 Å². The number of phenols is 2. The molecule has 4 rings (SSSR count). The highest BCUT2D eigenvalue weighted by molar-refractivity contribution is 5.80. The van der Waals surface area contributed by atoms with Crippen molar-refractivity contribution in [1.82, 2.24) is 0 Å². The summed E-state index contributed by atoms with van der Waals surface area (Å²) in [6.45, 7) is 0. The number of hydrogen-bond acceptors (Lipinski definition) is 3. The van der Waals surface area contributed by atoms with Crippen LogP contribution < -0.4 is 0 Å². The van der Waals surface area contributed by atoms with Crippen LogP contribution in [-0.2, 0) is 23.1 Å². The van der Waals surface area contributed by atoms with Crippen molar-refractivity contribution in [2.45, 2.75) is 43.9 Å². The molecule has 0 saturated heterocycles. The fourth-order valence-corrected chi connectivity index (χ4v) is 4.78. The maximum Gasteiger partial charge on any atom is 0.133 e. The molecule has 0 bridgehead atoms. The van der Waals surface area contributed by atoms with Crippen molar-refractivity contribution in [2.24, 2.45) is 5.92 Å². The number of Topliss-reactive ketones (excluding diaryl/α,β-unsaturated/α-hetero) is 1. The molecule has 0 amide bonds. The Morgan fingerprint density at radius 2 is 1.75 bits per heavy atom. The second-order valence-electron chi connectivity index (χ2n) is 7.32. The lowest BCUT2D eigenvalue weighted by atomic mass is 9.55. The van der Waals surface area contributed by atoms with Crippen LogP contribution in [0.3, 0.4) is 0 Å². The molecule has 1 fully saturated rings. The molecule has 0 aliphatic heterocycles. The number of carbonyl (C=O) groups excluding carboxylic acids is 1. The van der Waals surface area contributed by atoms with Crippen LogP contribution in [-0.4, -0.2) is 16.0 Å². The van der Waals surface area contributed by atoms with Gasteiger partial charge in [0, 0.05) is 18.3 Å². The molecule has 2 atom stereocenters. The quantitative estimate of drug-likeness (QED) is 0.882. The van der Waals surface area contributed by atoms with Gasteiger partial charge in [-0.2, -0.15) is 0 Å². The summed E-state index contributed by atoms with van der Waals surface area (Å²) in [5.41, 5.74) is 3.68. The van der Waals surface area contributed by atoms with Gasteiger partial charge in [-0.15, -0.1) is 0 Å². The minimum atomic E-state index is -0.0355. The molecular weight excluding hydrogens is 300 g/mol. The van der Waals surface area contributed by atoms with E-state index in [4.69, 9.17) is 0 Å². The first kappa shape index (κ1) is 15.3. The van der Waals surface area contributed by atoms with Crippen LogP contribution in [0.15, 0.2) is 42.5 Å². The van der Waals surface area contributed by atoms with Crippen LogP contribution in [0.5, 0.6) is 11.5 Å². The molecule has 0 spiro atoms. The average molecular weight is 322 g/mol. The summed E-state index contributed by atoms with van der Waals surface area (Å²) in [6.07, 6.45) is 4.98. The van der Waals surface area contributed by atoms with E-state index in [1.807, 2.05) is 18.2 Å². The molecule has 2 aliphatic rings.